The Morgan fingerprint density at radius 3 is 2.74 bits per heavy atom. The molecule has 0 bridgehead atoms. The number of nitrogen functional groups attached to an aromatic ring is 1. The van der Waals surface area contributed by atoms with Gasteiger partial charge in [0.25, 0.3) is 5.69 Å². The van der Waals surface area contributed by atoms with Gasteiger partial charge in [0.2, 0.25) is 0 Å². The predicted molar refractivity (Wildman–Crippen MR) is 75.1 cm³/mol. The molecule has 100 valence electrons. The van der Waals surface area contributed by atoms with Gasteiger partial charge in [-0.2, -0.15) is 0 Å². The smallest absolute Gasteiger partial charge is 0.276 e. The fourth-order valence-corrected chi connectivity index (χ4v) is 2.37. The van der Waals surface area contributed by atoms with Crippen molar-refractivity contribution in [1.29, 1.82) is 0 Å². The minimum atomic E-state index is -0.483. The van der Waals surface area contributed by atoms with E-state index in [1.807, 2.05) is 19.1 Å². The SMILES string of the molecule is Cc1ccc(CNc2cc([N+](=O)[O-])cc(NN)n2)s1. The first-order valence-corrected chi connectivity index (χ1v) is 6.32. The lowest BCUT2D eigenvalue weighted by molar-refractivity contribution is -0.384. The van der Waals surface area contributed by atoms with Crippen LogP contribution in [0.3, 0.4) is 0 Å². The van der Waals surface area contributed by atoms with Gasteiger partial charge < -0.3 is 10.7 Å². The zero-order valence-corrected chi connectivity index (χ0v) is 11.0. The largest absolute Gasteiger partial charge is 0.365 e. The van der Waals surface area contributed by atoms with Crippen LogP contribution in [0.5, 0.6) is 0 Å². The Labute approximate surface area is 113 Å². The van der Waals surface area contributed by atoms with Gasteiger partial charge >= 0.3 is 0 Å². The first-order valence-electron chi connectivity index (χ1n) is 5.51. The number of nitro groups is 1. The van der Waals surface area contributed by atoms with Gasteiger partial charge in [0, 0.05) is 9.75 Å². The van der Waals surface area contributed by atoms with Gasteiger partial charge in [-0.15, -0.1) is 11.3 Å². The highest BCUT2D eigenvalue weighted by Gasteiger charge is 2.10. The van der Waals surface area contributed by atoms with Gasteiger partial charge in [-0.05, 0) is 19.1 Å². The molecular formula is C11H13N5O2S. The number of thiophene rings is 1. The summed E-state index contributed by atoms with van der Waals surface area (Å²) in [5, 5.41) is 13.8. The van der Waals surface area contributed by atoms with Gasteiger partial charge in [0.15, 0.2) is 0 Å². The summed E-state index contributed by atoms with van der Waals surface area (Å²) >= 11 is 1.66. The van der Waals surface area contributed by atoms with Crippen LogP contribution in [-0.4, -0.2) is 9.91 Å². The van der Waals surface area contributed by atoms with Crippen molar-refractivity contribution in [1.82, 2.24) is 4.98 Å². The molecule has 0 unspecified atom stereocenters. The first kappa shape index (κ1) is 13.2. The maximum atomic E-state index is 10.8. The van der Waals surface area contributed by atoms with Gasteiger partial charge in [-0.1, -0.05) is 0 Å². The highest BCUT2D eigenvalue weighted by Crippen LogP contribution is 2.21. The van der Waals surface area contributed by atoms with E-state index >= 15 is 0 Å². The Hall–Kier alpha value is -2.19. The van der Waals surface area contributed by atoms with E-state index in [0.717, 1.165) is 4.88 Å². The zero-order valence-electron chi connectivity index (χ0n) is 10.2. The number of hydrogen-bond donors (Lipinski definition) is 3. The maximum absolute atomic E-state index is 10.8. The summed E-state index contributed by atoms with van der Waals surface area (Å²) in [5.41, 5.74) is 2.25. The third-order valence-electron chi connectivity index (χ3n) is 2.41. The molecule has 0 saturated heterocycles. The summed E-state index contributed by atoms with van der Waals surface area (Å²) < 4.78 is 0. The van der Waals surface area contributed by atoms with E-state index in [-0.39, 0.29) is 11.5 Å². The molecule has 0 amide bonds. The molecule has 2 aromatic heterocycles. The Kier molecular flexibility index (Phi) is 3.93. The van der Waals surface area contributed by atoms with Crippen molar-refractivity contribution in [2.24, 2.45) is 5.84 Å². The molecule has 0 radical (unpaired) electrons. The quantitative estimate of drug-likeness (QED) is 0.440. The second-order valence-electron chi connectivity index (χ2n) is 3.86. The molecule has 0 aliphatic rings. The van der Waals surface area contributed by atoms with Crippen LogP contribution in [0.4, 0.5) is 17.3 Å². The van der Waals surface area contributed by atoms with Crippen LogP contribution in [0, 0.1) is 17.0 Å². The van der Waals surface area contributed by atoms with Gasteiger partial charge in [-0.3, -0.25) is 10.1 Å². The number of rotatable bonds is 5. The fraction of sp³-hybridized carbons (Fsp3) is 0.182. The van der Waals surface area contributed by atoms with Crippen LogP contribution >= 0.6 is 11.3 Å². The Bertz CT molecular complexity index is 599. The average molecular weight is 279 g/mol. The van der Waals surface area contributed by atoms with Crippen LogP contribution in [0.2, 0.25) is 0 Å². The number of hydrogen-bond acceptors (Lipinski definition) is 7. The van der Waals surface area contributed by atoms with E-state index in [0.29, 0.717) is 12.4 Å². The monoisotopic (exact) mass is 279 g/mol. The van der Waals surface area contributed by atoms with E-state index in [2.05, 4.69) is 15.7 Å². The standard InChI is InChI=1S/C11H13N5O2S/c1-7-2-3-9(19-7)6-13-10-4-8(16(17)18)5-11(14-10)15-12/h2-5H,6,12H2,1H3,(H2,13,14,15). The van der Waals surface area contributed by atoms with Crippen LogP contribution in [-0.2, 0) is 6.54 Å². The van der Waals surface area contributed by atoms with Crippen molar-refractivity contribution in [2.45, 2.75) is 13.5 Å². The van der Waals surface area contributed by atoms with Crippen molar-refractivity contribution in [2.75, 3.05) is 10.7 Å². The molecule has 0 atom stereocenters. The van der Waals surface area contributed by atoms with Gasteiger partial charge in [0.1, 0.15) is 11.6 Å². The highest BCUT2D eigenvalue weighted by molar-refractivity contribution is 7.11. The summed E-state index contributed by atoms with van der Waals surface area (Å²) in [5.74, 6) is 5.90. The number of nitrogens with one attached hydrogen (secondary N) is 2. The van der Waals surface area contributed by atoms with Crippen LogP contribution < -0.4 is 16.6 Å². The number of nitrogens with two attached hydrogens (primary N) is 1. The number of aromatic nitrogens is 1. The molecule has 0 aliphatic carbocycles. The molecule has 19 heavy (non-hydrogen) atoms. The lowest BCUT2D eigenvalue weighted by Crippen LogP contribution is -2.10. The molecule has 7 nitrogen and oxygen atoms in total. The van der Waals surface area contributed by atoms with E-state index in [1.165, 1.54) is 17.0 Å². The summed E-state index contributed by atoms with van der Waals surface area (Å²) in [7, 11) is 0. The number of hydrazine groups is 1. The lowest BCUT2D eigenvalue weighted by atomic mass is 10.3. The second-order valence-corrected chi connectivity index (χ2v) is 5.24. The summed E-state index contributed by atoms with van der Waals surface area (Å²) in [6.45, 7) is 2.59. The molecule has 0 aliphatic heterocycles. The van der Waals surface area contributed by atoms with Crippen molar-refractivity contribution >= 4 is 28.7 Å². The lowest BCUT2D eigenvalue weighted by Gasteiger charge is -2.06. The molecule has 0 aromatic carbocycles. The molecule has 0 saturated carbocycles. The molecule has 0 fully saturated rings. The summed E-state index contributed by atoms with van der Waals surface area (Å²) in [6.07, 6.45) is 0. The molecule has 8 heteroatoms. The fourth-order valence-electron chi connectivity index (χ4n) is 1.54. The Morgan fingerprint density at radius 2 is 2.16 bits per heavy atom. The molecule has 0 spiro atoms. The predicted octanol–water partition coefficient (Wildman–Crippen LogP) is 2.26. The molecule has 2 aromatic rings. The van der Waals surface area contributed by atoms with Crippen LogP contribution in [0.1, 0.15) is 9.75 Å². The van der Waals surface area contributed by atoms with Gasteiger partial charge in [-0.25, -0.2) is 10.8 Å². The molecule has 2 heterocycles. The first-order chi connectivity index (χ1) is 9.08. The van der Waals surface area contributed by atoms with E-state index in [4.69, 9.17) is 5.84 Å². The number of aryl methyl sites for hydroxylation is 1. The number of anilines is 2. The summed E-state index contributed by atoms with van der Waals surface area (Å²) in [6, 6.07) is 6.68. The molecule has 4 N–H and O–H groups in total. The van der Waals surface area contributed by atoms with E-state index < -0.39 is 4.92 Å². The maximum Gasteiger partial charge on any atom is 0.276 e. The Balaban J connectivity index is 2.15. The van der Waals surface area contributed by atoms with Crippen molar-refractivity contribution in [3.8, 4) is 0 Å². The van der Waals surface area contributed by atoms with Crippen molar-refractivity contribution < 1.29 is 4.92 Å². The third kappa shape index (κ3) is 3.39. The van der Waals surface area contributed by atoms with E-state index in [1.54, 1.807) is 11.3 Å². The minimum absolute atomic E-state index is 0.0622. The summed E-state index contributed by atoms with van der Waals surface area (Å²) in [4.78, 5) is 16.8. The van der Waals surface area contributed by atoms with E-state index in [9.17, 15) is 10.1 Å². The number of nitrogens with zero attached hydrogens (tertiary/aromatic N) is 2. The van der Waals surface area contributed by atoms with Crippen molar-refractivity contribution in [3.05, 3.63) is 44.1 Å². The number of pyridine rings is 1. The molecule has 2 rings (SSSR count). The van der Waals surface area contributed by atoms with Crippen LogP contribution in [0.25, 0.3) is 0 Å². The highest BCUT2D eigenvalue weighted by atomic mass is 32.1. The zero-order chi connectivity index (χ0) is 13.8. The average Bonchev–Trinajstić information content (AvgIpc) is 2.81. The normalized spacial score (nSPS) is 10.2. The van der Waals surface area contributed by atoms with Gasteiger partial charge in [0.05, 0.1) is 23.6 Å². The Morgan fingerprint density at radius 1 is 1.42 bits per heavy atom. The van der Waals surface area contributed by atoms with Crippen LogP contribution in [0.15, 0.2) is 24.3 Å². The van der Waals surface area contributed by atoms with Crippen molar-refractivity contribution in [3.63, 3.8) is 0 Å². The second kappa shape index (κ2) is 5.63. The topological polar surface area (TPSA) is 106 Å². The minimum Gasteiger partial charge on any atom is -0.365 e. The third-order valence-corrected chi connectivity index (χ3v) is 3.41. The molecular weight excluding hydrogens is 266 g/mol.